The molecule has 0 spiro atoms. The first-order chi connectivity index (χ1) is 13.6. The lowest BCUT2D eigenvalue weighted by Crippen LogP contribution is -2.40. The number of benzene rings is 1. The molecule has 5 nitrogen and oxygen atoms in total. The van der Waals surface area contributed by atoms with Gasteiger partial charge in [0.15, 0.2) is 5.96 Å². The molecule has 1 unspecified atom stereocenters. The fraction of sp³-hybridized carbons (Fsp3) is 0.364. The Morgan fingerprint density at radius 2 is 1.96 bits per heavy atom. The summed E-state index contributed by atoms with van der Waals surface area (Å²) in [5, 5.41) is 8.07. The zero-order valence-corrected chi connectivity index (χ0v) is 17.6. The first kappa shape index (κ1) is 20.1. The summed E-state index contributed by atoms with van der Waals surface area (Å²) in [6.45, 7) is 7.78. The highest BCUT2D eigenvalue weighted by Gasteiger charge is 2.09. The van der Waals surface area contributed by atoms with Crippen molar-refractivity contribution in [1.82, 2.24) is 15.6 Å². The fourth-order valence-electron chi connectivity index (χ4n) is 2.85. The highest BCUT2D eigenvalue weighted by molar-refractivity contribution is 7.11. The number of hydrogen-bond acceptors (Lipinski definition) is 4. The molecule has 0 aliphatic rings. The Morgan fingerprint density at radius 1 is 1.14 bits per heavy atom. The first-order valence-electron chi connectivity index (χ1n) is 9.67. The SMILES string of the molecule is Cc1nc(CCN=C(NCCc2ccco2)NC(C)c2ccccc2)sc1C. The van der Waals surface area contributed by atoms with E-state index in [1.807, 2.05) is 18.2 Å². The lowest BCUT2D eigenvalue weighted by molar-refractivity contribution is 0.506. The molecule has 0 amide bonds. The highest BCUT2D eigenvalue weighted by Crippen LogP contribution is 2.17. The highest BCUT2D eigenvalue weighted by atomic mass is 32.1. The molecule has 1 aromatic carbocycles. The van der Waals surface area contributed by atoms with Crippen LogP contribution in [0.25, 0.3) is 0 Å². The minimum atomic E-state index is 0.167. The van der Waals surface area contributed by atoms with E-state index in [0.29, 0.717) is 6.54 Å². The maximum Gasteiger partial charge on any atom is 0.191 e. The molecule has 1 atom stereocenters. The first-order valence-corrected chi connectivity index (χ1v) is 10.5. The number of aryl methyl sites for hydroxylation is 2. The number of nitrogens with one attached hydrogen (secondary N) is 2. The van der Waals surface area contributed by atoms with Crippen LogP contribution in [-0.2, 0) is 12.8 Å². The number of aromatic nitrogens is 1. The van der Waals surface area contributed by atoms with E-state index in [0.717, 1.165) is 41.8 Å². The van der Waals surface area contributed by atoms with Gasteiger partial charge in [-0.15, -0.1) is 11.3 Å². The van der Waals surface area contributed by atoms with Crippen molar-refractivity contribution in [3.8, 4) is 0 Å². The average molecular weight is 397 g/mol. The van der Waals surface area contributed by atoms with Gasteiger partial charge in [-0.2, -0.15) is 0 Å². The van der Waals surface area contributed by atoms with Crippen molar-refractivity contribution >= 4 is 17.3 Å². The minimum absolute atomic E-state index is 0.167. The molecule has 6 heteroatoms. The molecule has 0 saturated carbocycles. The molecule has 2 aromatic heterocycles. The molecule has 0 aliphatic heterocycles. The average Bonchev–Trinajstić information content (AvgIpc) is 3.32. The molecule has 3 aromatic rings. The quantitative estimate of drug-likeness (QED) is 0.437. The summed E-state index contributed by atoms with van der Waals surface area (Å²) in [7, 11) is 0. The predicted molar refractivity (Wildman–Crippen MR) is 116 cm³/mol. The van der Waals surface area contributed by atoms with Crippen LogP contribution < -0.4 is 10.6 Å². The smallest absolute Gasteiger partial charge is 0.191 e. The van der Waals surface area contributed by atoms with Crippen LogP contribution in [0, 0.1) is 13.8 Å². The summed E-state index contributed by atoms with van der Waals surface area (Å²) in [6.07, 6.45) is 3.38. The second kappa shape index (κ2) is 10.1. The third kappa shape index (κ3) is 5.96. The van der Waals surface area contributed by atoms with Gasteiger partial charge in [-0.3, -0.25) is 4.99 Å². The Hall–Kier alpha value is -2.60. The van der Waals surface area contributed by atoms with Gasteiger partial charge in [0.25, 0.3) is 0 Å². The van der Waals surface area contributed by atoms with E-state index in [4.69, 9.17) is 9.41 Å². The summed E-state index contributed by atoms with van der Waals surface area (Å²) in [4.78, 5) is 10.7. The van der Waals surface area contributed by atoms with Crippen molar-refractivity contribution in [2.75, 3.05) is 13.1 Å². The van der Waals surface area contributed by atoms with Gasteiger partial charge in [-0.05, 0) is 38.5 Å². The van der Waals surface area contributed by atoms with Crippen LogP contribution in [0.1, 0.15) is 39.9 Å². The molecule has 3 rings (SSSR count). The lowest BCUT2D eigenvalue weighted by atomic mass is 10.1. The molecule has 0 fully saturated rings. The Kier molecular flexibility index (Phi) is 7.25. The van der Waals surface area contributed by atoms with E-state index in [1.165, 1.54) is 10.4 Å². The van der Waals surface area contributed by atoms with Crippen LogP contribution in [0.15, 0.2) is 58.1 Å². The normalized spacial score (nSPS) is 12.8. The fourth-order valence-corrected chi connectivity index (χ4v) is 3.77. The molecule has 2 heterocycles. The second-order valence-electron chi connectivity index (χ2n) is 6.76. The van der Waals surface area contributed by atoms with E-state index in [1.54, 1.807) is 17.6 Å². The van der Waals surface area contributed by atoms with Crippen molar-refractivity contribution in [3.05, 3.63) is 75.6 Å². The molecule has 0 radical (unpaired) electrons. The van der Waals surface area contributed by atoms with Crippen molar-refractivity contribution in [2.45, 2.75) is 39.7 Å². The Bertz CT molecular complexity index is 852. The number of furan rings is 1. The van der Waals surface area contributed by atoms with Crippen molar-refractivity contribution < 1.29 is 4.42 Å². The van der Waals surface area contributed by atoms with Crippen LogP contribution >= 0.6 is 11.3 Å². The van der Waals surface area contributed by atoms with E-state index >= 15 is 0 Å². The van der Waals surface area contributed by atoms with E-state index in [2.05, 4.69) is 60.7 Å². The van der Waals surface area contributed by atoms with E-state index < -0.39 is 0 Å². The van der Waals surface area contributed by atoms with Crippen LogP contribution in [0.3, 0.4) is 0 Å². The number of aliphatic imine (C=N–C) groups is 1. The zero-order valence-electron chi connectivity index (χ0n) is 16.7. The Balaban J connectivity index is 1.60. The maximum absolute atomic E-state index is 5.41. The largest absolute Gasteiger partial charge is 0.469 e. The number of guanidine groups is 1. The molecule has 0 aliphatic carbocycles. The third-order valence-electron chi connectivity index (χ3n) is 4.57. The summed E-state index contributed by atoms with van der Waals surface area (Å²) >= 11 is 1.76. The Morgan fingerprint density at radius 3 is 2.64 bits per heavy atom. The maximum atomic E-state index is 5.41. The molecular formula is C22H28N4OS. The monoisotopic (exact) mass is 396 g/mol. The summed E-state index contributed by atoms with van der Waals surface area (Å²) in [5.74, 6) is 1.78. The van der Waals surface area contributed by atoms with Crippen LogP contribution in [0.2, 0.25) is 0 Å². The second-order valence-corrected chi connectivity index (χ2v) is 8.05. The van der Waals surface area contributed by atoms with Crippen molar-refractivity contribution in [1.29, 1.82) is 0 Å². The van der Waals surface area contributed by atoms with Crippen LogP contribution in [0.5, 0.6) is 0 Å². The van der Waals surface area contributed by atoms with Gasteiger partial charge in [-0.1, -0.05) is 30.3 Å². The number of nitrogens with zero attached hydrogens (tertiary/aromatic N) is 2. The lowest BCUT2D eigenvalue weighted by Gasteiger charge is -2.18. The zero-order chi connectivity index (χ0) is 19.8. The summed E-state index contributed by atoms with van der Waals surface area (Å²) < 4.78 is 5.41. The van der Waals surface area contributed by atoms with E-state index in [9.17, 15) is 0 Å². The van der Waals surface area contributed by atoms with E-state index in [-0.39, 0.29) is 6.04 Å². The topological polar surface area (TPSA) is 62.5 Å². The van der Waals surface area contributed by atoms with Gasteiger partial charge < -0.3 is 15.1 Å². The number of rotatable bonds is 8. The number of hydrogen-bond donors (Lipinski definition) is 2. The number of thiazole rings is 1. The predicted octanol–water partition coefficient (Wildman–Crippen LogP) is 4.43. The van der Waals surface area contributed by atoms with Gasteiger partial charge in [0, 0.05) is 30.8 Å². The van der Waals surface area contributed by atoms with Gasteiger partial charge >= 0.3 is 0 Å². The van der Waals surface area contributed by atoms with Gasteiger partial charge in [0.2, 0.25) is 0 Å². The van der Waals surface area contributed by atoms with Gasteiger partial charge in [-0.25, -0.2) is 4.98 Å². The Labute approximate surface area is 170 Å². The van der Waals surface area contributed by atoms with Gasteiger partial charge in [0.1, 0.15) is 5.76 Å². The molecule has 2 N–H and O–H groups in total. The molecule has 0 saturated heterocycles. The van der Waals surface area contributed by atoms with Crippen molar-refractivity contribution in [3.63, 3.8) is 0 Å². The summed E-state index contributed by atoms with van der Waals surface area (Å²) in [6, 6.07) is 14.5. The minimum Gasteiger partial charge on any atom is -0.469 e. The summed E-state index contributed by atoms with van der Waals surface area (Å²) in [5.41, 5.74) is 2.35. The van der Waals surface area contributed by atoms with Gasteiger partial charge in [0.05, 0.1) is 23.0 Å². The standard InChI is InChI=1S/C22H28N4OS/c1-16-18(3)28-21(25-16)12-14-24-22(23-13-11-20-10-7-15-27-20)26-17(2)19-8-5-4-6-9-19/h4-10,15,17H,11-14H2,1-3H3,(H2,23,24,26). The van der Waals surface area contributed by atoms with Crippen LogP contribution in [-0.4, -0.2) is 24.0 Å². The molecule has 28 heavy (non-hydrogen) atoms. The van der Waals surface area contributed by atoms with Crippen LogP contribution in [0.4, 0.5) is 0 Å². The third-order valence-corrected chi connectivity index (χ3v) is 5.70. The molecular weight excluding hydrogens is 368 g/mol. The molecule has 0 bridgehead atoms. The van der Waals surface area contributed by atoms with Crippen molar-refractivity contribution in [2.24, 2.45) is 4.99 Å². The molecule has 148 valence electrons.